The van der Waals surface area contributed by atoms with Gasteiger partial charge in [-0.2, -0.15) is 0 Å². The summed E-state index contributed by atoms with van der Waals surface area (Å²) >= 11 is 0. The molecule has 0 amide bonds. The maximum Gasteiger partial charge on any atom is 0.127 e. The van der Waals surface area contributed by atoms with Crippen molar-refractivity contribution in [3.05, 3.63) is 23.8 Å². The second-order valence-corrected chi connectivity index (χ2v) is 7.58. The van der Waals surface area contributed by atoms with Gasteiger partial charge >= 0.3 is 0 Å². The first-order chi connectivity index (χ1) is 10.5. The normalized spacial score (nSPS) is 32.2. The van der Waals surface area contributed by atoms with Crippen LogP contribution >= 0.6 is 0 Å². The van der Waals surface area contributed by atoms with Crippen molar-refractivity contribution >= 4 is 0 Å². The highest BCUT2D eigenvalue weighted by Gasteiger charge is 2.55. The van der Waals surface area contributed by atoms with Gasteiger partial charge in [0.25, 0.3) is 0 Å². The molecule has 122 valence electrons. The monoisotopic (exact) mass is 303 g/mol. The zero-order valence-corrected chi connectivity index (χ0v) is 14.5. The molecule has 4 rings (SSSR count). The van der Waals surface area contributed by atoms with Crippen LogP contribution in [0.15, 0.2) is 18.2 Å². The molecular weight excluding hydrogens is 274 g/mol. The fraction of sp³-hybridized carbons (Fsp3) is 0.684. The third-order valence-electron chi connectivity index (χ3n) is 6.43. The largest absolute Gasteiger partial charge is 0.496 e. The smallest absolute Gasteiger partial charge is 0.127 e. The summed E-state index contributed by atoms with van der Waals surface area (Å²) in [5.41, 5.74) is 1.66. The summed E-state index contributed by atoms with van der Waals surface area (Å²) in [6.07, 6.45) is 2.71. The van der Waals surface area contributed by atoms with Gasteiger partial charge in [-0.25, -0.2) is 0 Å². The van der Waals surface area contributed by atoms with Crippen LogP contribution in [0.3, 0.4) is 0 Å². The topological polar surface area (TPSA) is 30.5 Å². The molecule has 1 aromatic rings. The van der Waals surface area contributed by atoms with Crippen LogP contribution in [0.1, 0.15) is 39.2 Å². The standard InChI is InChI=1S/C19H29NO2/c1-12-15-9-13(19(15,2)3)10-16(12)20-11-14-17(21-4)7-6-8-18(14)22-5/h6-8,12-13,15-16,20H,9-11H2,1-5H3/t12-,13+,15-,16-/m0/s1. The Bertz CT molecular complexity index is 518. The fourth-order valence-electron chi connectivity index (χ4n) is 4.75. The number of benzene rings is 1. The third kappa shape index (κ3) is 2.40. The molecular formula is C19H29NO2. The molecule has 1 aromatic carbocycles. The maximum absolute atomic E-state index is 5.50. The van der Waals surface area contributed by atoms with Crippen LogP contribution in [-0.4, -0.2) is 20.3 Å². The van der Waals surface area contributed by atoms with Crippen LogP contribution in [-0.2, 0) is 6.54 Å². The van der Waals surface area contributed by atoms with E-state index in [4.69, 9.17) is 9.47 Å². The van der Waals surface area contributed by atoms with Gasteiger partial charge in [0.15, 0.2) is 0 Å². The molecule has 3 aliphatic rings. The van der Waals surface area contributed by atoms with Gasteiger partial charge in [-0.05, 0) is 48.1 Å². The fourth-order valence-corrected chi connectivity index (χ4v) is 4.75. The van der Waals surface area contributed by atoms with E-state index in [1.165, 1.54) is 12.8 Å². The van der Waals surface area contributed by atoms with Gasteiger partial charge in [-0.1, -0.05) is 26.8 Å². The van der Waals surface area contributed by atoms with E-state index >= 15 is 0 Å². The highest BCUT2D eigenvalue weighted by molar-refractivity contribution is 5.44. The minimum Gasteiger partial charge on any atom is -0.496 e. The molecule has 3 aliphatic carbocycles. The highest BCUT2D eigenvalue weighted by Crippen LogP contribution is 2.61. The predicted octanol–water partition coefficient (Wildman–Crippen LogP) is 3.86. The lowest BCUT2D eigenvalue weighted by Gasteiger charge is -2.62. The van der Waals surface area contributed by atoms with Crippen LogP contribution in [0.5, 0.6) is 11.5 Å². The second-order valence-electron chi connectivity index (χ2n) is 7.58. The van der Waals surface area contributed by atoms with E-state index in [-0.39, 0.29) is 0 Å². The number of nitrogens with one attached hydrogen (secondary N) is 1. The Balaban J connectivity index is 1.69. The van der Waals surface area contributed by atoms with E-state index in [1.807, 2.05) is 18.2 Å². The first kappa shape index (κ1) is 15.7. The average molecular weight is 303 g/mol. The molecule has 3 heteroatoms. The van der Waals surface area contributed by atoms with E-state index in [0.29, 0.717) is 11.5 Å². The molecule has 0 aliphatic heterocycles. The summed E-state index contributed by atoms with van der Waals surface area (Å²) < 4.78 is 11.0. The van der Waals surface area contributed by atoms with Gasteiger partial charge in [0, 0.05) is 18.2 Å². The molecule has 3 saturated carbocycles. The van der Waals surface area contributed by atoms with Crippen LogP contribution in [0.2, 0.25) is 0 Å². The average Bonchev–Trinajstić information content (AvgIpc) is 2.52. The quantitative estimate of drug-likeness (QED) is 0.896. The van der Waals surface area contributed by atoms with Gasteiger partial charge in [0.2, 0.25) is 0 Å². The molecule has 4 atom stereocenters. The van der Waals surface area contributed by atoms with E-state index in [9.17, 15) is 0 Å². The number of hydrogen-bond donors (Lipinski definition) is 1. The molecule has 3 fully saturated rings. The van der Waals surface area contributed by atoms with Gasteiger partial charge in [0.05, 0.1) is 14.2 Å². The second kappa shape index (κ2) is 5.77. The van der Waals surface area contributed by atoms with Crippen LogP contribution in [0.25, 0.3) is 0 Å². The molecule has 22 heavy (non-hydrogen) atoms. The summed E-state index contributed by atoms with van der Waals surface area (Å²) in [5, 5.41) is 3.78. The molecule has 0 aromatic heterocycles. The Morgan fingerprint density at radius 2 is 1.77 bits per heavy atom. The van der Waals surface area contributed by atoms with Gasteiger partial charge < -0.3 is 14.8 Å². The third-order valence-corrected chi connectivity index (χ3v) is 6.43. The number of fused-ring (bicyclic) bond motifs is 2. The van der Waals surface area contributed by atoms with Gasteiger partial charge in [-0.3, -0.25) is 0 Å². The van der Waals surface area contributed by atoms with E-state index in [1.54, 1.807) is 14.2 Å². The minimum atomic E-state index is 0.541. The summed E-state index contributed by atoms with van der Waals surface area (Å²) in [7, 11) is 3.44. The Hall–Kier alpha value is -1.22. The van der Waals surface area contributed by atoms with Crippen molar-refractivity contribution in [2.75, 3.05) is 14.2 Å². The van der Waals surface area contributed by atoms with E-state index < -0.39 is 0 Å². The van der Waals surface area contributed by atoms with Crippen molar-refractivity contribution in [1.82, 2.24) is 5.32 Å². The molecule has 0 unspecified atom stereocenters. The number of ether oxygens (including phenoxy) is 2. The molecule has 1 N–H and O–H groups in total. The zero-order chi connectivity index (χ0) is 15.9. The Morgan fingerprint density at radius 3 is 2.27 bits per heavy atom. The van der Waals surface area contributed by atoms with Crippen LogP contribution < -0.4 is 14.8 Å². The SMILES string of the molecule is COc1cccc(OC)c1CN[C@H]1C[C@H]2C[C@@H]([C@@H]1C)C2(C)C. The number of rotatable bonds is 5. The molecule has 0 heterocycles. The maximum atomic E-state index is 5.50. The molecule has 0 spiro atoms. The molecule has 0 saturated heterocycles. The number of hydrogen-bond acceptors (Lipinski definition) is 3. The van der Waals surface area contributed by atoms with Gasteiger partial charge in [-0.15, -0.1) is 0 Å². The number of methoxy groups -OCH3 is 2. The Kier molecular flexibility index (Phi) is 4.11. The lowest BCUT2D eigenvalue weighted by molar-refractivity contribution is -0.115. The van der Waals surface area contributed by atoms with Crippen molar-refractivity contribution in [2.24, 2.45) is 23.2 Å². The van der Waals surface area contributed by atoms with Crippen LogP contribution in [0, 0.1) is 23.2 Å². The van der Waals surface area contributed by atoms with E-state index in [0.717, 1.165) is 41.4 Å². The predicted molar refractivity (Wildman–Crippen MR) is 89.3 cm³/mol. The summed E-state index contributed by atoms with van der Waals surface area (Å²) in [4.78, 5) is 0. The summed E-state index contributed by atoms with van der Waals surface area (Å²) in [6.45, 7) is 8.12. The first-order valence-electron chi connectivity index (χ1n) is 8.42. The highest BCUT2D eigenvalue weighted by atomic mass is 16.5. The summed E-state index contributed by atoms with van der Waals surface area (Å²) in [5.74, 6) is 4.29. The van der Waals surface area contributed by atoms with Crippen molar-refractivity contribution in [1.29, 1.82) is 0 Å². The lowest BCUT2D eigenvalue weighted by Crippen LogP contribution is -2.59. The summed E-state index contributed by atoms with van der Waals surface area (Å²) in [6, 6.07) is 6.59. The molecule has 2 bridgehead atoms. The van der Waals surface area contributed by atoms with E-state index in [2.05, 4.69) is 26.1 Å². The zero-order valence-electron chi connectivity index (χ0n) is 14.5. The Labute approximate surface area is 134 Å². The molecule has 0 radical (unpaired) electrons. The van der Waals surface area contributed by atoms with Crippen molar-refractivity contribution in [3.63, 3.8) is 0 Å². The van der Waals surface area contributed by atoms with Crippen molar-refractivity contribution in [3.8, 4) is 11.5 Å². The van der Waals surface area contributed by atoms with Crippen molar-refractivity contribution in [2.45, 2.75) is 46.2 Å². The van der Waals surface area contributed by atoms with Crippen molar-refractivity contribution < 1.29 is 9.47 Å². The molecule has 3 nitrogen and oxygen atoms in total. The Morgan fingerprint density at radius 1 is 1.14 bits per heavy atom. The first-order valence-corrected chi connectivity index (χ1v) is 8.42. The minimum absolute atomic E-state index is 0.541. The lowest BCUT2D eigenvalue weighted by atomic mass is 9.45. The van der Waals surface area contributed by atoms with Crippen LogP contribution in [0.4, 0.5) is 0 Å². The van der Waals surface area contributed by atoms with Gasteiger partial charge in [0.1, 0.15) is 11.5 Å².